The van der Waals surface area contributed by atoms with E-state index in [0.717, 1.165) is 6.08 Å². The molecular weight excluding hydrogens is 192 g/mol. The van der Waals surface area contributed by atoms with E-state index in [1.165, 1.54) is 18.2 Å². The summed E-state index contributed by atoms with van der Waals surface area (Å²) in [6, 6.07) is 4.50. The third-order valence-corrected chi connectivity index (χ3v) is 1.71. The van der Waals surface area contributed by atoms with E-state index in [0.29, 0.717) is 5.56 Å². The molecular formula is C9H7ClO3. The molecule has 0 spiro atoms. The van der Waals surface area contributed by atoms with E-state index in [-0.39, 0.29) is 10.8 Å². The lowest BCUT2D eigenvalue weighted by Gasteiger charge is -1.96. The number of hydrogen-bond acceptors (Lipinski definition) is 2. The number of carboxylic acids is 1. The predicted molar refractivity (Wildman–Crippen MR) is 49.8 cm³/mol. The molecule has 0 unspecified atom stereocenters. The van der Waals surface area contributed by atoms with E-state index in [1.807, 2.05) is 0 Å². The van der Waals surface area contributed by atoms with Gasteiger partial charge in [-0.1, -0.05) is 17.7 Å². The Labute approximate surface area is 79.9 Å². The Morgan fingerprint density at radius 2 is 2.15 bits per heavy atom. The molecule has 4 heteroatoms. The Hall–Kier alpha value is -1.48. The van der Waals surface area contributed by atoms with Crippen LogP contribution in [0.3, 0.4) is 0 Å². The van der Waals surface area contributed by atoms with Gasteiger partial charge in [0, 0.05) is 6.08 Å². The minimum atomic E-state index is -1.03. The highest BCUT2D eigenvalue weighted by Crippen LogP contribution is 2.24. The lowest BCUT2D eigenvalue weighted by molar-refractivity contribution is -0.131. The average Bonchev–Trinajstić information content (AvgIpc) is 2.07. The lowest BCUT2D eigenvalue weighted by atomic mass is 10.2. The molecule has 0 fully saturated rings. The van der Waals surface area contributed by atoms with E-state index in [9.17, 15) is 4.79 Å². The predicted octanol–water partition coefficient (Wildman–Crippen LogP) is 2.14. The van der Waals surface area contributed by atoms with Gasteiger partial charge in [-0.25, -0.2) is 4.79 Å². The molecule has 13 heavy (non-hydrogen) atoms. The zero-order valence-corrected chi connectivity index (χ0v) is 7.32. The first-order valence-corrected chi connectivity index (χ1v) is 3.87. The SMILES string of the molecule is O=C(O)/C=C/c1ccc(Cl)c(O)c1. The summed E-state index contributed by atoms with van der Waals surface area (Å²) in [5.74, 6) is -1.09. The number of rotatable bonds is 2. The van der Waals surface area contributed by atoms with Crippen molar-refractivity contribution in [2.75, 3.05) is 0 Å². The number of halogens is 1. The van der Waals surface area contributed by atoms with Crippen LogP contribution in [0.1, 0.15) is 5.56 Å². The van der Waals surface area contributed by atoms with Gasteiger partial charge in [0.25, 0.3) is 0 Å². The number of phenolic OH excluding ortho intramolecular Hbond substituents is 1. The van der Waals surface area contributed by atoms with Crippen molar-refractivity contribution in [3.05, 3.63) is 34.9 Å². The summed E-state index contributed by atoms with van der Waals surface area (Å²) in [5.41, 5.74) is 0.587. The summed E-state index contributed by atoms with van der Waals surface area (Å²) >= 11 is 5.55. The molecule has 1 aromatic rings. The Morgan fingerprint density at radius 3 is 2.69 bits per heavy atom. The second kappa shape index (κ2) is 3.96. The molecule has 2 N–H and O–H groups in total. The maximum absolute atomic E-state index is 10.1. The number of carbonyl (C=O) groups is 1. The van der Waals surface area contributed by atoms with Crippen LogP contribution in [0.15, 0.2) is 24.3 Å². The Morgan fingerprint density at radius 1 is 1.46 bits per heavy atom. The fraction of sp³-hybridized carbons (Fsp3) is 0. The van der Waals surface area contributed by atoms with Crippen LogP contribution in [0.2, 0.25) is 5.02 Å². The van der Waals surface area contributed by atoms with Gasteiger partial charge in [-0.3, -0.25) is 0 Å². The van der Waals surface area contributed by atoms with Crippen molar-refractivity contribution < 1.29 is 15.0 Å². The van der Waals surface area contributed by atoms with Crippen LogP contribution in [0, 0.1) is 0 Å². The number of aliphatic carboxylic acids is 1. The zero-order valence-electron chi connectivity index (χ0n) is 6.57. The van der Waals surface area contributed by atoms with Gasteiger partial charge in [-0.2, -0.15) is 0 Å². The van der Waals surface area contributed by atoms with Gasteiger partial charge in [0.15, 0.2) is 0 Å². The van der Waals surface area contributed by atoms with Gasteiger partial charge in [0.05, 0.1) is 5.02 Å². The van der Waals surface area contributed by atoms with Crippen molar-refractivity contribution in [2.24, 2.45) is 0 Å². The van der Waals surface area contributed by atoms with E-state index in [4.69, 9.17) is 21.8 Å². The second-order valence-electron chi connectivity index (χ2n) is 2.38. The first-order valence-electron chi connectivity index (χ1n) is 3.49. The van der Waals surface area contributed by atoms with Gasteiger partial charge in [0.2, 0.25) is 0 Å². The van der Waals surface area contributed by atoms with E-state index in [2.05, 4.69) is 0 Å². The summed E-state index contributed by atoms with van der Waals surface area (Å²) < 4.78 is 0. The highest BCUT2D eigenvalue weighted by atomic mass is 35.5. The topological polar surface area (TPSA) is 57.5 Å². The monoisotopic (exact) mass is 198 g/mol. The largest absolute Gasteiger partial charge is 0.506 e. The van der Waals surface area contributed by atoms with Crippen LogP contribution in [0.25, 0.3) is 6.08 Å². The first kappa shape index (κ1) is 9.61. The molecule has 1 rings (SSSR count). The second-order valence-corrected chi connectivity index (χ2v) is 2.79. The van der Waals surface area contributed by atoms with Crippen LogP contribution in [-0.4, -0.2) is 16.2 Å². The van der Waals surface area contributed by atoms with Crippen molar-refractivity contribution in [1.29, 1.82) is 0 Å². The van der Waals surface area contributed by atoms with E-state index in [1.54, 1.807) is 6.07 Å². The molecule has 0 atom stereocenters. The zero-order chi connectivity index (χ0) is 9.84. The molecule has 0 bridgehead atoms. The molecule has 0 saturated heterocycles. The Bertz CT molecular complexity index is 358. The van der Waals surface area contributed by atoms with Crippen molar-refractivity contribution in [3.63, 3.8) is 0 Å². The third kappa shape index (κ3) is 2.80. The normalized spacial score (nSPS) is 10.5. The minimum absolute atomic E-state index is 0.0609. The number of benzene rings is 1. The van der Waals surface area contributed by atoms with Crippen molar-refractivity contribution in [2.45, 2.75) is 0 Å². The van der Waals surface area contributed by atoms with Crippen molar-refractivity contribution >= 4 is 23.6 Å². The molecule has 0 aliphatic carbocycles. The molecule has 0 saturated carbocycles. The summed E-state index contributed by atoms with van der Waals surface area (Å²) in [6.07, 6.45) is 2.36. The highest BCUT2D eigenvalue weighted by Gasteiger charge is 1.97. The molecule has 0 aliphatic rings. The number of aromatic hydroxyl groups is 1. The highest BCUT2D eigenvalue weighted by molar-refractivity contribution is 6.32. The standard InChI is InChI=1S/C9H7ClO3/c10-7-3-1-6(5-8(7)11)2-4-9(12)13/h1-5,11H,(H,12,13)/b4-2+. The van der Waals surface area contributed by atoms with Gasteiger partial charge in [-0.15, -0.1) is 0 Å². The van der Waals surface area contributed by atoms with Crippen LogP contribution >= 0.6 is 11.6 Å². The van der Waals surface area contributed by atoms with E-state index < -0.39 is 5.97 Å². The maximum Gasteiger partial charge on any atom is 0.328 e. The third-order valence-electron chi connectivity index (χ3n) is 1.39. The van der Waals surface area contributed by atoms with Crippen LogP contribution in [0.4, 0.5) is 0 Å². The molecule has 3 nitrogen and oxygen atoms in total. The van der Waals surface area contributed by atoms with Crippen LogP contribution in [-0.2, 0) is 4.79 Å². The number of phenols is 1. The molecule has 0 amide bonds. The van der Waals surface area contributed by atoms with Crippen LogP contribution < -0.4 is 0 Å². The molecule has 0 heterocycles. The summed E-state index contributed by atoms with van der Waals surface area (Å²) in [4.78, 5) is 10.1. The summed E-state index contributed by atoms with van der Waals surface area (Å²) in [7, 11) is 0. The maximum atomic E-state index is 10.1. The van der Waals surface area contributed by atoms with Gasteiger partial charge < -0.3 is 10.2 Å². The molecule has 0 aromatic heterocycles. The van der Waals surface area contributed by atoms with Gasteiger partial charge in [-0.05, 0) is 23.8 Å². The molecule has 0 radical (unpaired) electrons. The minimum Gasteiger partial charge on any atom is -0.506 e. The van der Waals surface area contributed by atoms with Gasteiger partial charge >= 0.3 is 5.97 Å². The van der Waals surface area contributed by atoms with Crippen molar-refractivity contribution in [1.82, 2.24) is 0 Å². The molecule has 1 aromatic carbocycles. The lowest BCUT2D eigenvalue weighted by Crippen LogP contribution is -1.85. The smallest absolute Gasteiger partial charge is 0.328 e. The van der Waals surface area contributed by atoms with Crippen LogP contribution in [0.5, 0.6) is 5.75 Å². The first-order chi connectivity index (χ1) is 6.09. The Balaban J connectivity index is 2.92. The number of carboxylic acid groups (broad SMARTS) is 1. The number of hydrogen-bond donors (Lipinski definition) is 2. The average molecular weight is 199 g/mol. The summed E-state index contributed by atoms with van der Waals surface area (Å²) in [6.45, 7) is 0. The summed E-state index contributed by atoms with van der Waals surface area (Å²) in [5, 5.41) is 17.7. The molecule has 68 valence electrons. The van der Waals surface area contributed by atoms with E-state index >= 15 is 0 Å². The fourth-order valence-electron chi connectivity index (χ4n) is 0.801. The molecule has 0 aliphatic heterocycles. The van der Waals surface area contributed by atoms with Gasteiger partial charge in [0.1, 0.15) is 5.75 Å². The quantitative estimate of drug-likeness (QED) is 0.716. The Kier molecular flexibility index (Phi) is 2.93. The fourth-order valence-corrected chi connectivity index (χ4v) is 0.918. The van der Waals surface area contributed by atoms with Crippen molar-refractivity contribution in [3.8, 4) is 5.75 Å².